The van der Waals surface area contributed by atoms with Crippen LogP contribution in [0.4, 0.5) is 17.1 Å². The van der Waals surface area contributed by atoms with Gasteiger partial charge in [0, 0.05) is 53.6 Å². The highest BCUT2D eigenvalue weighted by Crippen LogP contribution is 2.51. The first-order chi connectivity index (χ1) is 26.8. The van der Waals surface area contributed by atoms with E-state index >= 15 is 0 Å². The Bertz CT molecular complexity index is 3140. The van der Waals surface area contributed by atoms with E-state index in [2.05, 4.69) is 198 Å². The first kappa shape index (κ1) is 31.0. The number of thiophene rings is 1. The van der Waals surface area contributed by atoms with Crippen LogP contribution in [0.5, 0.6) is 0 Å². The molecule has 0 fully saturated rings. The average molecular weight is 726 g/mol. The van der Waals surface area contributed by atoms with Gasteiger partial charge in [-0.1, -0.05) is 127 Å². The van der Waals surface area contributed by atoms with Crippen molar-refractivity contribution in [3.05, 3.63) is 188 Å². The standard InChI is InChI=1S/C49H31N3S2/c1-4-14-32(15-5-1)33-24-26-36(27-25-33)51(37-28-29-42-40(30-37)38-20-10-12-22-41(38)52(42)35-18-8-3-9-19-35)48-46-39-21-11-13-23-43(39)53-44(46)31-45-47(48)50-49(54-45)34-16-6-2-7-17-34/h1-31H. The summed E-state index contributed by atoms with van der Waals surface area (Å²) in [6.45, 7) is 0. The average Bonchev–Trinajstić information content (AvgIpc) is 3.94. The number of para-hydroxylation sites is 2. The second-order valence-corrected chi connectivity index (χ2v) is 15.7. The van der Waals surface area contributed by atoms with Crippen LogP contribution >= 0.6 is 22.7 Å². The third kappa shape index (κ3) is 4.97. The van der Waals surface area contributed by atoms with Gasteiger partial charge >= 0.3 is 0 Å². The summed E-state index contributed by atoms with van der Waals surface area (Å²) in [7, 11) is 0. The number of rotatable bonds is 6. The van der Waals surface area contributed by atoms with Crippen molar-refractivity contribution < 1.29 is 0 Å². The largest absolute Gasteiger partial charge is 0.309 e. The van der Waals surface area contributed by atoms with E-state index in [9.17, 15) is 0 Å². The number of anilines is 3. The molecule has 3 heterocycles. The molecule has 254 valence electrons. The van der Waals surface area contributed by atoms with Crippen molar-refractivity contribution in [1.29, 1.82) is 0 Å². The molecule has 0 bridgehead atoms. The summed E-state index contributed by atoms with van der Waals surface area (Å²) in [4.78, 5) is 7.95. The minimum atomic E-state index is 1.01. The van der Waals surface area contributed by atoms with Gasteiger partial charge in [-0.25, -0.2) is 4.98 Å². The predicted molar refractivity (Wildman–Crippen MR) is 232 cm³/mol. The molecule has 0 amide bonds. The lowest BCUT2D eigenvalue weighted by Crippen LogP contribution is -2.11. The minimum absolute atomic E-state index is 1.01. The lowest BCUT2D eigenvalue weighted by atomic mass is 10.0. The number of nitrogens with zero attached hydrogens (tertiary/aromatic N) is 3. The molecule has 5 heteroatoms. The molecule has 0 aliphatic heterocycles. The lowest BCUT2D eigenvalue weighted by Gasteiger charge is -2.27. The molecule has 0 saturated heterocycles. The third-order valence-electron chi connectivity index (χ3n) is 10.4. The highest BCUT2D eigenvalue weighted by atomic mass is 32.1. The Morgan fingerprint density at radius 1 is 0.426 bits per heavy atom. The van der Waals surface area contributed by atoms with E-state index in [4.69, 9.17) is 4.98 Å². The molecule has 0 radical (unpaired) electrons. The second-order valence-electron chi connectivity index (χ2n) is 13.6. The van der Waals surface area contributed by atoms with Gasteiger partial charge in [0.05, 0.1) is 21.4 Å². The molecule has 8 aromatic carbocycles. The number of thiazole rings is 1. The van der Waals surface area contributed by atoms with Gasteiger partial charge in [-0.15, -0.1) is 22.7 Å². The SMILES string of the molecule is c1ccc(-c2ccc(N(c3ccc4c(c3)c3ccccc3n4-c3ccccc3)c3c4nc(-c5ccccc5)sc4cc4sc5ccccc5c34)cc2)cc1. The second kappa shape index (κ2) is 12.6. The van der Waals surface area contributed by atoms with Crippen LogP contribution in [0, 0.1) is 0 Å². The van der Waals surface area contributed by atoms with Gasteiger partial charge < -0.3 is 9.47 Å². The number of aromatic nitrogens is 2. The summed E-state index contributed by atoms with van der Waals surface area (Å²) in [5.41, 5.74) is 11.3. The summed E-state index contributed by atoms with van der Waals surface area (Å²) >= 11 is 3.63. The van der Waals surface area contributed by atoms with Crippen molar-refractivity contribution in [2.75, 3.05) is 4.90 Å². The first-order valence-corrected chi connectivity index (χ1v) is 19.8. The van der Waals surface area contributed by atoms with Crippen LogP contribution in [0.15, 0.2) is 188 Å². The Kier molecular flexibility index (Phi) is 7.22. The number of benzene rings is 8. The molecule has 0 atom stereocenters. The fraction of sp³-hybridized carbons (Fsp3) is 0. The van der Waals surface area contributed by atoms with E-state index in [0.717, 1.165) is 38.8 Å². The van der Waals surface area contributed by atoms with E-state index in [0.29, 0.717) is 0 Å². The zero-order valence-electron chi connectivity index (χ0n) is 29.1. The summed E-state index contributed by atoms with van der Waals surface area (Å²) in [6, 6.07) is 67.8. The van der Waals surface area contributed by atoms with Gasteiger partial charge in [-0.2, -0.15) is 0 Å². The normalized spacial score (nSPS) is 11.7. The quantitative estimate of drug-likeness (QED) is 0.170. The van der Waals surface area contributed by atoms with Crippen LogP contribution in [-0.4, -0.2) is 9.55 Å². The third-order valence-corrected chi connectivity index (χ3v) is 12.6. The van der Waals surface area contributed by atoms with Crippen molar-refractivity contribution >= 4 is 91.9 Å². The van der Waals surface area contributed by atoms with Crippen molar-refractivity contribution in [1.82, 2.24) is 9.55 Å². The van der Waals surface area contributed by atoms with Crippen molar-refractivity contribution in [3.63, 3.8) is 0 Å². The maximum Gasteiger partial charge on any atom is 0.124 e. The fourth-order valence-corrected chi connectivity index (χ4v) is 10.2. The van der Waals surface area contributed by atoms with Crippen LogP contribution in [0.2, 0.25) is 0 Å². The molecule has 11 rings (SSSR count). The molecular weight excluding hydrogens is 695 g/mol. The summed E-state index contributed by atoms with van der Waals surface area (Å²) in [5, 5.41) is 5.93. The van der Waals surface area contributed by atoms with Gasteiger partial charge in [0.15, 0.2) is 0 Å². The zero-order chi connectivity index (χ0) is 35.6. The predicted octanol–water partition coefficient (Wildman–Crippen LogP) is 14.6. The van der Waals surface area contributed by atoms with Crippen LogP contribution in [0.25, 0.3) is 79.6 Å². The molecule has 3 nitrogen and oxygen atoms in total. The van der Waals surface area contributed by atoms with E-state index in [1.165, 1.54) is 57.8 Å². The first-order valence-electron chi connectivity index (χ1n) is 18.1. The van der Waals surface area contributed by atoms with Crippen molar-refractivity contribution in [2.24, 2.45) is 0 Å². The molecule has 3 aromatic heterocycles. The molecular formula is C49H31N3S2. The lowest BCUT2D eigenvalue weighted by molar-refractivity contribution is 1.18. The van der Waals surface area contributed by atoms with Gasteiger partial charge in [-0.3, -0.25) is 0 Å². The van der Waals surface area contributed by atoms with E-state index in [1.807, 2.05) is 11.3 Å². The van der Waals surface area contributed by atoms with Gasteiger partial charge in [0.2, 0.25) is 0 Å². The van der Waals surface area contributed by atoms with E-state index < -0.39 is 0 Å². The van der Waals surface area contributed by atoms with E-state index in [-0.39, 0.29) is 0 Å². The number of hydrogen-bond donors (Lipinski definition) is 0. The highest BCUT2D eigenvalue weighted by Gasteiger charge is 2.25. The Balaban J connectivity index is 1.23. The van der Waals surface area contributed by atoms with Crippen molar-refractivity contribution in [3.8, 4) is 27.4 Å². The summed E-state index contributed by atoms with van der Waals surface area (Å²) < 4.78 is 6.09. The summed E-state index contributed by atoms with van der Waals surface area (Å²) in [5.74, 6) is 0. The Morgan fingerprint density at radius 3 is 1.81 bits per heavy atom. The Morgan fingerprint density at radius 2 is 1.04 bits per heavy atom. The summed E-state index contributed by atoms with van der Waals surface area (Å²) in [6.07, 6.45) is 0. The monoisotopic (exact) mass is 725 g/mol. The Labute approximate surface area is 320 Å². The minimum Gasteiger partial charge on any atom is -0.309 e. The van der Waals surface area contributed by atoms with Gasteiger partial charge in [0.25, 0.3) is 0 Å². The van der Waals surface area contributed by atoms with Gasteiger partial charge in [-0.05, 0) is 71.8 Å². The molecule has 0 N–H and O–H groups in total. The molecule has 0 saturated carbocycles. The zero-order valence-corrected chi connectivity index (χ0v) is 30.7. The molecule has 54 heavy (non-hydrogen) atoms. The maximum atomic E-state index is 5.49. The fourth-order valence-electron chi connectivity index (χ4n) is 7.97. The molecule has 0 spiro atoms. The van der Waals surface area contributed by atoms with Gasteiger partial charge in [0.1, 0.15) is 10.5 Å². The molecule has 0 aliphatic rings. The highest BCUT2D eigenvalue weighted by molar-refractivity contribution is 7.27. The van der Waals surface area contributed by atoms with Crippen molar-refractivity contribution in [2.45, 2.75) is 0 Å². The molecule has 11 aromatic rings. The van der Waals surface area contributed by atoms with Crippen LogP contribution in [0.1, 0.15) is 0 Å². The number of hydrogen-bond acceptors (Lipinski definition) is 4. The topological polar surface area (TPSA) is 21.1 Å². The van der Waals surface area contributed by atoms with Crippen LogP contribution < -0.4 is 4.90 Å². The smallest absolute Gasteiger partial charge is 0.124 e. The van der Waals surface area contributed by atoms with Crippen LogP contribution in [-0.2, 0) is 0 Å². The molecule has 0 aliphatic carbocycles. The Hall–Kier alpha value is -6.53. The van der Waals surface area contributed by atoms with Crippen LogP contribution in [0.3, 0.4) is 0 Å². The van der Waals surface area contributed by atoms with E-state index in [1.54, 1.807) is 11.3 Å². The maximum absolute atomic E-state index is 5.49. The molecule has 0 unspecified atom stereocenters. The number of fused-ring (bicyclic) bond motifs is 7.